The average molecular weight is 318 g/mol. The second-order valence-corrected chi connectivity index (χ2v) is 6.91. The van der Waals surface area contributed by atoms with E-state index in [0.29, 0.717) is 10.7 Å². The van der Waals surface area contributed by atoms with Crippen molar-refractivity contribution in [2.75, 3.05) is 6.54 Å². The average Bonchev–Trinajstić information content (AvgIpc) is 2.39. The Bertz CT molecular complexity index is 237. The topological polar surface area (TPSA) is 29.1 Å². The van der Waals surface area contributed by atoms with Crippen molar-refractivity contribution in [2.45, 2.75) is 70.0 Å². The molecule has 1 unspecified atom stereocenters. The SMILES string of the molecule is CCCCC(CC)C(=O)NCC1CCC(Br)CC1. The maximum absolute atomic E-state index is 12.1. The summed E-state index contributed by atoms with van der Waals surface area (Å²) in [5.74, 6) is 1.22. The van der Waals surface area contributed by atoms with Crippen molar-refractivity contribution in [3.63, 3.8) is 0 Å². The van der Waals surface area contributed by atoms with Crippen LogP contribution < -0.4 is 5.32 Å². The zero-order valence-corrected chi connectivity index (χ0v) is 13.5. The van der Waals surface area contributed by atoms with Crippen LogP contribution >= 0.6 is 15.9 Å². The smallest absolute Gasteiger partial charge is 0.223 e. The van der Waals surface area contributed by atoms with Crippen LogP contribution in [0, 0.1) is 11.8 Å². The van der Waals surface area contributed by atoms with Gasteiger partial charge in [0.25, 0.3) is 0 Å². The van der Waals surface area contributed by atoms with Crippen LogP contribution in [-0.4, -0.2) is 17.3 Å². The van der Waals surface area contributed by atoms with Crippen molar-refractivity contribution in [1.29, 1.82) is 0 Å². The number of alkyl halides is 1. The van der Waals surface area contributed by atoms with Gasteiger partial charge in [0, 0.05) is 17.3 Å². The molecule has 0 spiro atoms. The first-order chi connectivity index (χ1) is 8.67. The van der Waals surface area contributed by atoms with Crippen LogP contribution in [0.15, 0.2) is 0 Å². The molecule has 0 aromatic rings. The number of unbranched alkanes of at least 4 members (excludes halogenated alkanes) is 1. The summed E-state index contributed by atoms with van der Waals surface area (Å²) in [7, 11) is 0. The Kier molecular flexibility index (Phi) is 7.96. The Hall–Kier alpha value is -0.0500. The third kappa shape index (κ3) is 5.73. The predicted octanol–water partition coefficient (Wildman–Crippen LogP) is 4.27. The van der Waals surface area contributed by atoms with Gasteiger partial charge in [-0.3, -0.25) is 4.79 Å². The second kappa shape index (κ2) is 8.95. The highest BCUT2D eigenvalue weighted by atomic mass is 79.9. The van der Waals surface area contributed by atoms with Crippen molar-refractivity contribution < 1.29 is 4.79 Å². The number of carbonyl (C=O) groups is 1. The minimum atomic E-state index is 0.234. The molecule has 0 saturated heterocycles. The number of rotatable bonds is 7. The van der Waals surface area contributed by atoms with Crippen molar-refractivity contribution in [3.05, 3.63) is 0 Å². The Morgan fingerprint density at radius 1 is 1.28 bits per heavy atom. The van der Waals surface area contributed by atoms with Gasteiger partial charge in [0.05, 0.1) is 0 Å². The highest BCUT2D eigenvalue weighted by molar-refractivity contribution is 9.09. The van der Waals surface area contributed by atoms with Gasteiger partial charge in [-0.25, -0.2) is 0 Å². The fourth-order valence-corrected chi connectivity index (χ4v) is 3.21. The number of amides is 1. The molecule has 1 saturated carbocycles. The quantitative estimate of drug-likeness (QED) is 0.698. The molecule has 0 aromatic heterocycles. The number of halogens is 1. The largest absolute Gasteiger partial charge is 0.356 e. The van der Waals surface area contributed by atoms with Gasteiger partial charge >= 0.3 is 0 Å². The molecular formula is C15H28BrNO. The molecule has 1 amide bonds. The van der Waals surface area contributed by atoms with Crippen LogP contribution in [0.2, 0.25) is 0 Å². The van der Waals surface area contributed by atoms with E-state index in [2.05, 4.69) is 35.1 Å². The van der Waals surface area contributed by atoms with Crippen LogP contribution in [0.3, 0.4) is 0 Å². The van der Waals surface area contributed by atoms with E-state index in [0.717, 1.165) is 19.4 Å². The van der Waals surface area contributed by atoms with E-state index in [4.69, 9.17) is 0 Å². The van der Waals surface area contributed by atoms with E-state index in [1.54, 1.807) is 0 Å². The molecule has 1 atom stereocenters. The molecule has 1 aliphatic carbocycles. The van der Waals surface area contributed by atoms with Gasteiger partial charge in [0.15, 0.2) is 0 Å². The molecule has 0 aromatic carbocycles. The summed E-state index contributed by atoms with van der Waals surface area (Å²) < 4.78 is 0. The molecule has 3 heteroatoms. The van der Waals surface area contributed by atoms with Crippen molar-refractivity contribution in [3.8, 4) is 0 Å². The minimum Gasteiger partial charge on any atom is -0.356 e. The van der Waals surface area contributed by atoms with Gasteiger partial charge in [0.1, 0.15) is 0 Å². The molecule has 0 aliphatic heterocycles. The van der Waals surface area contributed by atoms with Gasteiger partial charge in [-0.2, -0.15) is 0 Å². The molecule has 1 fully saturated rings. The van der Waals surface area contributed by atoms with Crippen LogP contribution in [-0.2, 0) is 4.79 Å². The standard InChI is InChI=1S/C15H28BrNO/c1-3-5-6-13(4-2)15(18)17-11-12-7-9-14(16)10-8-12/h12-14H,3-11H2,1-2H3,(H,17,18). The monoisotopic (exact) mass is 317 g/mol. The second-order valence-electron chi connectivity index (χ2n) is 5.61. The summed E-state index contributed by atoms with van der Waals surface area (Å²) in [6.07, 6.45) is 9.39. The summed E-state index contributed by atoms with van der Waals surface area (Å²) in [4.78, 5) is 12.8. The lowest BCUT2D eigenvalue weighted by Gasteiger charge is -2.26. The number of hydrogen-bond acceptors (Lipinski definition) is 1. The van der Waals surface area contributed by atoms with E-state index in [1.807, 2.05) is 0 Å². The summed E-state index contributed by atoms with van der Waals surface area (Å²) in [5.41, 5.74) is 0. The molecule has 0 heterocycles. The predicted molar refractivity (Wildman–Crippen MR) is 81.0 cm³/mol. The third-order valence-corrected chi connectivity index (χ3v) is 5.03. The Morgan fingerprint density at radius 3 is 2.50 bits per heavy atom. The number of nitrogens with one attached hydrogen (secondary N) is 1. The Balaban J connectivity index is 2.22. The molecule has 1 aliphatic rings. The molecule has 106 valence electrons. The maximum atomic E-state index is 12.1. The summed E-state index contributed by atoms with van der Waals surface area (Å²) in [6, 6.07) is 0. The van der Waals surface area contributed by atoms with Gasteiger partial charge in [-0.05, 0) is 44.4 Å². The first-order valence-corrected chi connectivity index (χ1v) is 8.50. The van der Waals surface area contributed by atoms with Crippen molar-refractivity contribution in [2.24, 2.45) is 11.8 Å². The minimum absolute atomic E-state index is 0.234. The van der Waals surface area contributed by atoms with Crippen molar-refractivity contribution >= 4 is 21.8 Å². The fraction of sp³-hybridized carbons (Fsp3) is 0.933. The molecule has 0 bridgehead atoms. The van der Waals surface area contributed by atoms with E-state index in [1.165, 1.54) is 38.5 Å². The fourth-order valence-electron chi connectivity index (χ4n) is 2.69. The van der Waals surface area contributed by atoms with Crippen LogP contribution in [0.1, 0.15) is 65.2 Å². The summed E-state index contributed by atoms with van der Waals surface area (Å²) in [5, 5.41) is 3.17. The van der Waals surface area contributed by atoms with Crippen LogP contribution in [0.25, 0.3) is 0 Å². The molecule has 2 nitrogen and oxygen atoms in total. The van der Waals surface area contributed by atoms with Crippen LogP contribution in [0.5, 0.6) is 0 Å². The van der Waals surface area contributed by atoms with E-state index < -0.39 is 0 Å². The van der Waals surface area contributed by atoms with E-state index in [9.17, 15) is 4.79 Å². The highest BCUT2D eigenvalue weighted by Gasteiger charge is 2.21. The molecule has 18 heavy (non-hydrogen) atoms. The third-order valence-electron chi connectivity index (χ3n) is 4.11. The van der Waals surface area contributed by atoms with Crippen LogP contribution in [0.4, 0.5) is 0 Å². The summed E-state index contributed by atoms with van der Waals surface area (Å²) in [6.45, 7) is 5.19. The number of hydrogen-bond donors (Lipinski definition) is 1. The zero-order valence-electron chi connectivity index (χ0n) is 11.9. The van der Waals surface area contributed by atoms with E-state index in [-0.39, 0.29) is 11.8 Å². The normalized spacial score (nSPS) is 25.7. The van der Waals surface area contributed by atoms with Gasteiger partial charge in [-0.1, -0.05) is 42.6 Å². The highest BCUT2D eigenvalue weighted by Crippen LogP contribution is 2.28. The Labute approximate surface area is 120 Å². The summed E-state index contributed by atoms with van der Waals surface area (Å²) >= 11 is 3.67. The lowest BCUT2D eigenvalue weighted by atomic mass is 9.89. The molecular weight excluding hydrogens is 290 g/mol. The molecule has 1 N–H and O–H groups in total. The lowest BCUT2D eigenvalue weighted by Crippen LogP contribution is -2.35. The zero-order chi connectivity index (χ0) is 13.4. The van der Waals surface area contributed by atoms with E-state index >= 15 is 0 Å². The molecule has 0 radical (unpaired) electrons. The Morgan fingerprint density at radius 2 is 1.94 bits per heavy atom. The van der Waals surface area contributed by atoms with Gasteiger partial charge < -0.3 is 5.32 Å². The van der Waals surface area contributed by atoms with Crippen molar-refractivity contribution in [1.82, 2.24) is 5.32 Å². The lowest BCUT2D eigenvalue weighted by molar-refractivity contribution is -0.125. The molecule has 1 rings (SSSR count). The maximum Gasteiger partial charge on any atom is 0.223 e. The van der Waals surface area contributed by atoms with Gasteiger partial charge in [0.2, 0.25) is 5.91 Å². The number of carbonyl (C=O) groups excluding carboxylic acids is 1. The first kappa shape index (κ1) is 16.0. The first-order valence-electron chi connectivity index (χ1n) is 7.59. The van der Waals surface area contributed by atoms with Gasteiger partial charge in [-0.15, -0.1) is 0 Å².